The van der Waals surface area contributed by atoms with Crippen LogP contribution in [0.25, 0.3) is 0 Å². The van der Waals surface area contributed by atoms with E-state index in [9.17, 15) is 0 Å². The summed E-state index contributed by atoms with van der Waals surface area (Å²) >= 11 is 0.993. The summed E-state index contributed by atoms with van der Waals surface area (Å²) in [7, 11) is 1.66. The number of rotatable bonds is 3. The zero-order chi connectivity index (χ0) is 8.97. The van der Waals surface area contributed by atoms with Crippen LogP contribution in [-0.4, -0.2) is 16.6 Å². The lowest BCUT2D eigenvalue weighted by atomic mass is 10.3. The molecule has 0 amide bonds. The fourth-order valence-electron chi connectivity index (χ4n) is 0.637. The van der Waals surface area contributed by atoms with E-state index in [4.69, 9.17) is 15.1 Å². The molecule has 0 radical (unpaired) electrons. The molecule has 0 spiro atoms. The third kappa shape index (κ3) is 3.00. The Kier molecular flexibility index (Phi) is 3.21. The fraction of sp³-hybridized carbons (Fsp3) is 0.143. The summed E-state index contributed by atoms with van der Waals surface area (Å²) in [4.78, 5) is 0. The maximum atomic E-state index is 9.04. The molecule has 4 nitrogen and oxygen atoms in total. The Balaban J connectivity index is 2.52. The van der Waals surface area contributed by atoms with Gasteiger partial charge in [0.25, 0.3) is 0 Å². The predicted octanol–water partition coefficient (Wildman–Crippen LogP) is 1.14. The number of nitrogens with two attached hydrogens (primary N) is 1. The van der Waals surface area contributed by atoms with Crippen molar-refractivity contribution in [1.29, 1.82) is 0 Å². The van der Waals surface area contributed by atoms with Gasteiger partial charge in [-0.15, -0.1) is 0 Å². The van der Waals surface area contributed by atoms with Gasteiger partial charge in [-0.05, 0) is 12.1 Å². The van der Waals surface area contributed by atoms with Crippen LogP contribution in [0.5, 0.6) is 11.5 Å². The SMILES string of the molecule is CN(N)SOc1cccc(O)c1. The van der Waals surface area contributed by atoms with Crippen LogP contribution in [-0.2, 0) is 0 Å². The van der Waals surface area contributed by atoms with Crippen LogP contribution in [0.1, 0.15) is 0 Å². The van der Waals surface area contributed by atoms with Gasteiger partial charge in [0, 0.05) is 13.1 Å². The van der Waals surface area contributed by atoms with E-state index < -0.39 is 0 Å². The number of phenolic OH excluding ortho intramolecular Hbond substituents is 1. The molecule has 0 unspecified atom stereocenters. The Morgan fingerprint density at radius 2 is 2.33 bits per heavy atom. The van der Waals surface area contributed by atoms with Crippen molar-refractivity contribution in [2.24, 2.45) is 5.84 Å². The molecule has 1 aromatic carbocycles. The van der Waals surface area contributed by atoms with Crippen LogP contribution >= 0.6 is 12.2 Å². The highest BCUT2D eigenvalue weighted by molar-refractivity contribution is 7.92. The van der Waals surface area contributed by atoms with Gasteiger partial charge in [0.1, 0.15) is 11.5 Å². The second-order valence-electron chi connectivity index (χ2n) is 2.20. The van der Waals surface area contributed by atoms with Crippen molar-refractivity contribution in [3.63, 3.8) is 0 Å². The minimum atomic E-state index is 0.174. The molecule has 12 heavy (non-hydrogen) atoms. The molecular formula is C7H10N2O2S. The minimum Gasteiger partial charge on any atom is -0.508 e. The van der Waals surface area contributed by atoms with Gasteiger partial charge in [-0.2, -0.15) is 4.41 Å². The van der Waals surface area contributed by atoms with E-state index in [1.54, 1.807) is 25.2 Å². The van der Waals surface area contributed by atoms with E-state index in [-0.39, 0.29) is 5.75 Å². The first kappa shape index (κ1) is 9.18. The van der Waals surface area contributed by atoms with Gasteiger partial charge in [0.2, 0.25) is 0 Å². The summed E-state index contributed by atoms with van der Waals surface area (Å²) in [6.07, 6.45) is 0. The predicted molar refractivity (Wildman–Crippen MR) is 48.3 cm³/mol. The van der Waals surface area contributed by atoms with Gasteiger partial charge in [-0.25, -0.2) is 0 Å². The van der Waals surface area contributed by atoms with Crippen LogP contribution in [0.15, 0.2) is 24.3 Å². The molecule has 66 valence electrons. The Bertz CT molecular complexity index is 255. The molecule has 0 heterocycles. The third-order valence-electron chi connectivity index (χ3n) is 1.07. The highest BCUT2D eigenvalue weighted by Crippen LogP contribution is 2.21. The van der Waals surface area contributed by atoms with Crippen molar-refractivity contribution in [3.05, 3.63) is 24.3 Å². The first-order valence-electron chi connectivity index (χ1n) is 3.30. The van der Waals surface area contributed by atoms with Crippen molar-refractivity contribution in [2.45, 2.75) is 0 Å². The summed E-state index contributed by atoms with van der Waals surface area (Å²) in [5.41, 5.74) is 0. The minimum absolute atomic E-state index is 0.174. The van der Waals surface area contributed by atoms with E-state index in [1.165, 1.54) is 10.5 Å². The maximum Gasteiger partial charge on any atom is 0.161 e. The third-order valence-corrected chi connectivity index (χ3v) is 1.57. The zero-order valence-electron chi connectivity index (χ0n) is 6.60. The van der Waals surface area contributed by atoms with Crippen LogP contribution in [0.2, 0.25) is 0 Å². The molecular weight excluding hydrogens is 176 g/mol. The summed E-state index contributed by atoms with van der Waals surface area (Å²) in [5.74, 6) is 6.03. The first-order valence-corrected chi connectivity index (χ1v) is 4.00. The molecule has 0 aliphatic rings. The van der Waals surface area contributed by atoms with Crippen molar-refractivity contribution < 1.29 is 9.29 Å². The second kappa shape index (κ2) is 4.20. The van der Waals surface area contributed by atoms with Crippen molar-refractivity contribution >= 4 is 12.2 Å². The number of phenols is 1. The Hall–Kier alpha value is -0.910. The number of aromatic hydroxyl groups is 1. The highest BCUT2D eigenvalue weighted by Gasteiger charge is 1.97. The smallest absolute Gasteiger partial charge is 0.161 e. The van der Waals surface area contributed by atoms with Crippen LogP contribution in [0.3, 0.4) is 0 Å². The topological polar surface area (TPSA) is 58.7 Å². The zero-order valence-corrected chi connectivity index (χ0v) is 7.41. The average Bonchev–Trinajstić information content (AvgIpc) is 2.01. The van der Waals surface area contributed by atoms with Crippen molar-refractivity contribution in [1.82, 2.24) is 4.41 Å². The van der Waals surface area contributed by atoms with Gasteiger partial charge in [-0.3, -0.25) is 5.84 Å². The summed E-state index contributed by atoms with van der Waals surface area (Å²) in [6.45, 7) is 0. The standard InChI is InChI=1S/C7H10N2O2S/c1-9(8)12-11-7-4-2-3-6(10)5-7/h2-5,10H,8H2,1H3. The average molecular weight is 186 g/mol. The molecule has 0 saturated carbocycles. The Labute approximate surface area is 75.2 Å². The number of hydrazine groups is 1. The summed E-state index contributed by atoms with van der Waals surface area (Å²) in [6, 6.07) is 6.51. The molecule has 0 saturated heterocycles. The van der Waals surface area contributed by atoms with Crippen molar-refractivity contribution in [2.75, 3.05) is 7.05 Å². The first-order chi connectivity index (χ1) is 5.68. The second-order valence-corrected chi connectivity index (χ2v) is 3.09. The van der Waals surface area contributed by atoms with Crippen LogP contribution in [0.4, 0.5) is 0 Å². The molecule has 0 fully saturated rings. The number of benzene rings is 1. The molecule has 1 aromatic rings. The van der Waals surface area contributed by atoms with Crippen molar-refractivity contribution in [3.8, 4) is 11.5 Å². The Morgan fingerprint density at radius 1 is 1.58 bits per heavy atom. The lowest BCUT2D eigenvalue weighted by molar-refractivity contribution is 0.470. The van der Waals surface area contributed by atoms with Crippen LogP contribution in [0, 0.1) is 0 Å². The Morgan fingerprint density at radius 3 is 2.92 bits per heavy atom. The molecule has 3 N–H and O–H groups in total. The molecule has 0 aliphatic heterocycles. The largest absolute Gasteiger partial charge is 0.508 e. The number of hydrogen-bond donors (Lipinski definition) is 2. The van der Waals surface area contributed by atoms with Gasteiger partial charge < -0.3 is 9.29 Å². The molecule has 5 heteroatoms. The van der Waals surface area contributed by atoms with E-state index in [1.807, 2.05) is 0 Å². The molecule has 0 atom stereocenters. The lowest BCUT2D eigenvalue weighted by Gasteiger charge is -2.07. The quantitative estimate of drug-likeness (QED) is 0.321. The maximum absolute atomic E-state index is 9.04. The van der Waals surface area contributed by atoms with E-state index in [0.29, 0.717) is 5.75 Å². The van der Waals surface area contributed by atoms with E-state index in [2.05, 4.69) is 0 Å². The molecule has 0 bridgehead atoms. The van der Waals surface area contributed by atoms with Crippen LogP contribution < -0.4 is 10.0 Å². The van der Waals surface area contributed by atoms with Gasteiger partial charge in [0.15, 0.2) is 12.2 Å². The summed E-state index contributed by atoms with van der Waals surface area (Å²) < 4.78 is 6.43. The van der Waals surface area contributed by atoms with E-state index in [0.717, 1.165) is 12.2 Å². The number of hydrogen-bond acceptors (Lipinski definition) is 5. The number of nitrogens with zero attached hydrogens (tertiary/aromatic N) is 1. The van der Waals surface area contributed by atoms with Gasteiger partial charge >= 0.3 is 0 Å². The lowest BCUT2D eigenvalue weighted by Crippen LogP contribution is -2.18. The van der Waals surface area contributed by atoms with Gasteiger partial charge in [-0.1, -0.05) is 6.07 Å². The van der Waals surface area contributed by atoms with E-state index >= 15 is 0 Å². The normalized spacial score (nSPS) is 10.2. The summed E-state index contributed by atoms with van der Waals surface area (Å²) in [5, 5.41) is 9.04. The molecule has 1 rings (SSSR count). The molecule has 0 aliphatic carbocycles. The van der Waals surface area contributed by atoms with Gasteiger partial charge in [0.05, 0.1) is 0 Å². The molecule has 0 aromatic heterocycles. The monoisotopic (exact) mass is 186 g/mol. The fourth-order valence-corrected chi connectivity index (χ4v) is 0.944. The highest BCUT2D eigenvalue weighted by atomic mass is 32.2.